The zero-order valence-corrected chi connectivity index (χ0v) is 5.55. The molecule has 0 aromatic rings. The Hall–Kier alpha value is -1.06. The van der Waals surface area contributed by atoms with Gasteiger partial charge in [-0.2, -0.15) is 0 Å². The molecule has 0 aliphatic rings. The van der Waals surface area contributed by atoms with Gasteiger partial charge in [0.05, 0.1) is 6.61 Å². The average molecular weight is 130 g/mol. The number of nitrogens with zero attached hydrogens (tertiary/aromatic N) is 1. The highest BCUT2D eigenvalue weighted by molar-refractivity contribution is 5.73. The van der Waals surface area contributed by atoms with Gasteiger partial charge in [0.15, 0.2) is 6.40 Å². The molecule has 0 saturated carbocycles. The monoisotopic (exact) mass is 130 g/mol. The Morgan fingerprint density at radius 1 is 1.89 bits per heavy atom. The van der Waals surface area contributed by atoms with E-state index in [0.717, 1.165) is 0 Å². The SMILES string of the molecule is CCOC=NNC(C)=O. The van der Waals surface area contributed by atoms with Crippen LogP contribution in [0.1, 0.15) is 13.8 Å². The highest BCUT2D eigenvalue weighted by Gasteiger charge is 1.80. The van der Waals surface area contributed by atoms with Crippen LogP contribution in [0.2, 0.25) is 0 Å². The van der Waals surface area contributed by atoms with E-state index >= 15 is 0 Å². The van der Waals surface area contributed by atoms with E-state index < -0.39 is 0 Å². The molecular weight excluding hydrogens is 120 g/mol. The summed E-state index contributed by atoms with van der Waals surface area (Å²) in [5, 5.41) is 3.41. The predicted molar refractivity (Wildman–Crippen MR) is 33.9 cm³/mol. The first-order valence-electron chi connectivity index (χ1n) is 2.67. The van der Waals surface area contributed by atoms with E-state index in [1.165, 1.54) is 13.3 Å². The number of rotatable bonds is 3. The first kappa shape index (κ1) is 7.94. The lowest BCUT2D eigenvalue weighted by molar-refractivity contribution is -0.118. The summed E-state index contributed by atoms with van der Waals surface area (Å²) in [6.45, 7) is 3.77. The summed E-state index contributed by atoms with van der Waals surface area (Å²) in [5.41, 5.74) is 2.19. The van der Waals surface area contributed by atoms with Gasteiger partial charge in [0.1, 0.15) is 0 Å². The number of hydrogen-bond donors (Lipinski definition) is 1. The first-order valence-corrected chi connectivity index (χ1v) is 2.67. The van der Waals surface area contributed by atoms with E-state index in [-0.39, 0.29) is 5.91 Å². The van der Waals surface area contributed by atoms with E-state index in [4.69, 9.17) is 0 Å². The molecule has 0 rings (SSSR count). The molecule has 52 valence electrons. The largest absolute Gasteiger partial charge is 0.482 e. The number of hydrogen-bond acceptors (Lipinski definition) is 3. The maximum Gasteiger partial charge on any atom is 0.237 e. The van der Waals surface area contributed by atoms with E-state index in [1.807, 2.05) is 6.92 Å². The standard InChI is InChI=1S/C5H10N2O2/c1-3-9-4-6-7-5(2)8/h4H,3H2,1-2H3,(H,7,8). The van der Waals surface area contributed by atoms with Gasteiger partial charge < -0.3 is 4.74 Å². The zero-order chi connectivity index (χ0) is 7.11. The van der Waals surface area contributed by atoms with Crippen molar-refractivity contribution in [2.75, 3.05) is 6.61 Å². The van der Waals surface area contributed by atoms with Gasteiger partial charge in [-0.25, -0.2) is 5.43 Å². The minimum atomic E-state index is -0.203. The van der Waals surface area contributed by atoms with Crippen LogP contribution in [-0.4, -0.2) is 18.9 Å². The maximum absolute atomic E-state index is 10.1. The molecule has 0 unspecified atom stereocenters. The second-order valence-corrected chi connectivity index (χ2v) is 1.36. The lowest BCUT2D eigenvalue weighted by atomic mass is 10.8. The van der Waals surface area contributed by atoms with Crippen molar-refractivity contribution in [3.63, 3.8) is 0 Å². The fourth-order valence-electron chi connectivity index (χ4n) is 0.229. The summed E-state index contributed by atoms with van der Waals surface area (Å²) in [5.74, 6) is -0.203. The number of hydrazone groups is 1. The molecule has 9 heavy (non-hydrogen) atoms. The van der Waals surface area contributed by atoms with Crippen LogP contribution in [0, 0.1) is 0 Å². The number of amides is 1. The van der Waals surface area contributed by atoms with Gasteiger partial charge in [0, 0.05) is 6.92 Å². The smallest absolute Gasteiger partial charge is 0.237 e. The summed E-state index contributed by atoms with van der Waals surface area (Å²) in [4.78, 5) is 10.1. The van der Waals surface area contributed by atoms with Crippen LogP contribution >= 0.6 is 0 Å². The summed E-state index contributed by atoms with van der Waals surface area (Å²) in [6.07, 6.45) is 1.20. The third-order valence-electron chi connectivity index (χ3n) is 0.516. The van der Waals surface area contributed by atoms with E-state index in [2.05, 4.69) is 15.3 Å². The normalized spacial score (nSPS) is 9.56. The van der Waals surface area contributed by atoms with Crippen LogP contribution in [0.3, 0.4) is 0 Å². The Morgan fingerprint density at radius 3 is 3.00 bits per heavy atom. The van der Waals surface area contributed by atoms with Crippen LogP contribution in [0.15, 0.2) is 5.10 Å². The predicted octanol–water partition coefficient (Wildman–Crippen LogP) is 0.102. The second kappa shape index (κ2) is 5.08. The van der Waals surface area contributed by atoms with Crippen LogP contribution < -0.4 is 5.43 Å². The molecule has 0 heterocycles. The molecular formula is C5H10N2O2. The lowest BCUT2D eigenvalue weighted by Gasteiger charge is -1.91. The molecule has 0 aromatic heterocycles. The molecule has 0 spiro atoms. The number of ether oxygens (including phenoxy) is 1. The quantitative estimate of drug-likeness (QED) is 0.334. The molecule has 0 aliphatic heterocycles. The van der Waals surface area contributed by atoms with Crippen LogP contribution in [0.25, 0.3) is 0 Å². The number of carbonyl (C=O) groups excluding carboxylic acids is 1. The number of carbonyl (C=O) groups is 1. The second-order valence-electron chi connectivity index (χ2n) is 1.36. The van der Waals surface area contributed by atoms with Crippen molar-refractivity contribution in [2.24, 2.45) is 5.10 Å². The summed E-state index contributed by atoms with van der Waals surface area (Å²) in [7, 11) is 0. The Bertz CT molecular complexity index is 112. The Morgan fingerprint density at radius 2 is 2.56 bits per heavy atom. The zero-order valence-electron chi connectivity index (χ0n) is 5.55. The molecule has 0 aromatic carbocycles. The minimum absolute atomic E-state index is 0.203. The van der Waals surface area contributed by atoms with Gasteiger partial charge in [-0.15, -0.1) is 5.10 Å². The highest BCUT2D eigenvalue weighted by atomic mass is 16.5. The molecule has 0 atom stereocenters. The van der Waals surface area contributed by atoms with Gasteiger partial charge in [-0.1, -0.05) is 0 Å². The third-order valence-corrected chi connectivity index (χ3v) is 0.516. The summed E-state index contributed by atoms with van der Waals surface area (Å²) in [6, 6.07) is 0. The molecule has 0 saturated heterocycles. The Kier molecular flexibility index (Phi) is 4.49. The van der Waals surface area contributed by atoms with Crippen molar-refractivity contribution in [1.82, 2.24) is 5.43 Å². The van der Waals surface area contributed by atoms with Crippen molar-refractivity contribution in [3.8, 4) is 0 Å². The molecule has 0 fully saturated rings. The van der Waals surface area contributed by atoms with Crippen molar-refractivity contribution in [3.05, 3.63) is 0 Å². The van der Waals surface area contributed by atoms with Crippen LogP contribution in [0.4, 0.5) is 0 Å². The van der Waals surface area contributed by atoms with Crippen LogP contribution in [0.5, 0.6) is 0 Å². The first-order chi connectivity index (χ1) is 4.27. The van der Waals surface area contributed by atoms with Crippen molar-refractivity contribution in [1.29, 1.82) is 0 Å². The topological polar surface area (TPSA) is 50.7 Å². The third kappa shape index (κ3) is 6.94. The van der Waals surface area contributed by atoms with E-state index in [9.17, 15) is 4.79 Å². The van der Waals surface area contributed by atoms with Crippen molar-refractivity contribution >= 4 is 12.3 Å². The average Bonchev–Trinajstić information content (AvgIpc) is 1.80. The fourth-order valence-corrected chi connectivity index (χ4v) is 0.229. The lowest BCUT2D eigenvalue weighted by Crippen LogP contribution is -2.12. The molecule has 0 aliphatic carbocycles. The molecule has 0 radical (unpaired) electrons. The highest BCUT2D eigenvalue weighted by Crippen LogP contribution is 1.64. The van der Waals surface area contributed by atoms with E-state index in [1.54, 1.807) is 0 Å². The van der Waals surface area contributed by atoms with Crippen molar-refractivity contribution in [2.45, 2.75) is 13.8 Å². The Labute approximate surface area is 53.9 Å². The van der Waals surface area contributed by atoms with Gasteiger partial charge in [-0.3, -0.25) is 4.79 Å². The maximum atomic E-state index is 10.1. The Balaban J connectivity index is 3.14. The van der Waals surface area contributed by atoms with Crippen LogP contribution in [-0.2, 0) is 9.53 Å². The number of nitrogens with one attached hydrogen (secondary N) is 1. The van der Waals surface area contributed by atoms with Gasteiger partial charge in [0.25, 0.3) is 0 Å². The molecule has 4 heteroatoms. The summed E-state index contributed by atoms with van der Waals surface area (Å²) >= 11 is 0. The van der Waals surface area contributed by atoms with Gasteiger partial charge in [-0.05, 0) is 6.92 Å². The van der Waals surface area contributed by atoms with Gasteiger partial charge >= 0.3 is 0 Å². The molecule has 1 amide bonds. The van der Waals surface area contributed by atoms with Gasteiger partial charge in [0.2, 0.25) is 5.91 Å². The minimum Gasteiger partial charge on any atom is -0.482 e. The summed E-state index contributed by atoms with van der Waals surface area (Å²) < 4.78 is 4.68. The fraction of sp³-hybridized carbons (Fsp3) is 0.600. The van der Waals surface area contributed by atoms with Crippen molar-refractivity contribution < 1.29 is 9.53 Å². The molecule has 0 bridgehead atoms. The molecule has 4 nitrogen and oxygen atoms in total. The van der Waals surface area contributed by atoms with E-state index in [0.29, 0.717) is 6.61 Å². The molecule has 1 N–H and O–H groups in total.